The molecule has 0 saturated heterocycles. The van der Waals surface area contributed by atoms with Crippen molar-refractivity contribution in [3.63, 3.8) is 0 Å². The van der Waals surface area contributed by atoms with Crippen LogP contribution in [-0.2, 0) is 9.73 Å². The van der Waals surface area contributed by atoms with Crippen LogP contribution >= 0.6 is 0 Å². The fraction of sp³-hybridized carbons (Fsp3) is 0.875. The fourth-order valence-electron chi connectivity index (χ4n) is 1.66. The van der Waals surface area contributed by atoms with Gasteiger partial charge in [0.1, 0.15) is 0 Å². The van der Waals surface area contributed by atoms with Gasteiger partial charge < -0.3 is 0 Å². The van der Waals surface area contributed by atoms with Gasteiger partial charge in [-0.25, -0.2) is 4.21 Å². The van der Waals surface area contributed by atoms with E-state index in [0.717, 1.165) is 25.7 Å². The van der Waals surface area contributed by atoms with Gasteiger partial charge in [-0.3, -0.25) is 0 Å². The summed E-state index contributed by atoms with van der Waals surface area (Å²) in [6, 6.07) is 0. The average Bonchev–Trinajstić information content (AvgIpc) is 2.06. The van der Waals surface area contributed by atoms with E-state index in [1.807, 2.05) is 0 Å². The minimum Gasteiger partial charge on any atom is -0.249 e. The van der Waals surface area contributed by atoms with Crippen LogP contribution in [0.25, 0.3) is 0 Å². The number of rotatable bonds is 1. The van der Waals surface area contributed by atoms with Crippen LogP contribution in [0.1, 0.15) is 32.1 Å². The molecule has 1 aliphatic carbocycles. The van der Waals surface area contributed by atoms with Gasteiger partial charge in [0.05, 0.1) is 9.73 Å². The predicted molar refractivity (Wildman–Crippen MR) is 49.0 cm³/mol. The lowest BCUT2D eigenvalue weighted by atomic mass is 10.0. The summed E-state index contributed by atoms with van der Waals surface area (Å²) in [6.07, 6.45) is 8.71. The average molecular weight is 186 g/mol. The summed E-state index contributed by atoms with van der Waals surface area (Å²) in [6.45, 7) is 0. The molecular formula is C8H14N2OS. The third-order valence-electron chi connectivity index (χ3n) is 2.39. The molecule has 12 heavy (non-hydrogen) atoms. The van der Waals surface area contributed by atoms with E-state index in [9.17, 15) is 4.21 Å². The maximum absolute atomic E-state index is 11.8. The Hall–Kier alpha value is -0.560. The van der Waals surface area contributed by atoms with Gasteiger partial charge >= 0.3 is 0 Å². The molecule has 68 valence electrons. The molecule has 0 heterocycles. The van der Waals surface area contributed by atoms with E-state index in [1.165, 1.54) is 6.42 Å². The Morgan fingerprint density at radius 3 is 2.50 bits per heavy atom. The van der Waals surface area contributed by atoms with Gasteiger partial charge in [-0.15, -0.1) is 4.36 Å². The standard InChI is InChI=1S/C8H14N2OS/c1-12(11,10-7-9)8-5-3-2-4-6-8/h8H,2-6H2,1H3/t12-/m0/s1. The minimum atomic E-state index is -2.22. The van der Waals surface area contributed by atoms with Crippen LogP contribution in [0.2, 0.25) is 0 Å². The molecule has 1 fully saturated rings. The number of nitrogens with zero attached hydrogens (tertiary/aromatic N) is 2. The lowest BCUT2D eigenvalue weighted by molar-refractivity contribution is 0.503. The highest BCUT2D eigenvalue weighted by Crippen LogP contribution is 2.24. The van der Waals surface area contributed by atoms with Gasteiger partial charge in [0, 0.05) is 11.5 Å². The van der Waals surface area contributed by atoms with Crippen molar-refractivity contribution >= 4 is 9.73 Å². The molecule has 1 rings (SSSR count). The molecule has 0 unspecified atom stereocenters. The van der Waals surface area contributed by atoms with Gasteiger partial charge in [-0.1, -0.05) is 19.3 Å². The van der Waals surface area contributed by atoms with Gasteiger partial charge in [-0.05, 0) is 12.8 Å². The highest BCUT2D eigenvalue weighted by atomic mass is 32.2. The van der Waals surface area contributed by atoms with Crippen molar-refractivity contribution in [3.05, 3.63) is 0 Å². The van der Waals surface area contributed by atoms with E-state index in [0.29, 0.717) is 0 Å². The third-order valence-corrected chi connectivity index (χ3v) is 4.55. The summed E-state index contributed by atoms with van der Waals surface area (Å²) in [4.78, 5) is 0. The lowest BCUT2D eigenvalue weighted by Crippen LogP contribution is -2.22. The molecule has 1 aliphatic rings. The molecule has 1 atom stereocenters. The maximum Gasteiger partial charge on any atom is 0.214 e. The van der Waals surface area contributed by atoms with Crippen LogP contribution in [0.4, 0.5) is 0 Å². The highest BCUT2D eigenvalue weighted by Gasteiger charge is 2.21. The topological polar surface area (TPSA) is 53.2 Å². The quantitative estimate of drug-likeness (QED) is 0.587. The monoisotopic (exact) mass is 186 g/mol. The first-order valence-electron chi connectivity index (χ1n) is 4.26. The summed E-state index contributed by atoms with van der Waals surface area (Å²) in [5, 5.41) is 8.49. The van der Waals surface area contributed by atoms with Crippen LogP contribution in [0.5, 0.6) is 0 Å². The van der Waals surface area contributed by atoms with Crippen molar-refractivity contribution < 1.29 is 4.21 Å². The molecule has 3 nitrogen and oxygen atoms in total. The van der Waals surface area contributed by atoms with Gasteiger partial charge in [0.2, 0.25) is 6.19 Å². The predicted octanol–water partition coefficient (Wildman–Crippen LogP) is 1.90. The minimum absolute atomic E-state index is 0.158. The Kier molecular flexibility index (Phi) is 3.10. The van der Waals surface area contributed by atoms with Crippen LogP contribution in [0.3, 0.4) is 0 Å². The van der Waals surface area contributed by atoms with Crippen molar-refractivity contribution in [1.82, 2.24) is 0 Å². The number of nitriles is 1. The summed E-state index contributed by atoms with van der Waals surface area (Å²) >= 11 is 0. The summed E-state index contributed by atoms with van der Waals surface area (Å²) in [5.41, 5.74) is 0. The summed E-state index contributed by atoms with van der Waals surface area (Å²) in [7, 11) is -2.22. The second-order valence-electron chi connectivity index (χ2n) is 3.31. The Morgan fingerprint density at radius 2 is 2.00 bits per heavy atom. The molecule has 0 N–H and O–H groups in total. The van der Waals surface area contributed by atoms with Gasteiger partial charge in [0.15, 0.2) is 0 Å². The molecule has 0 bridgehead atoms. The third kappa shape index (κ3) is 2.21. The smallest absolute Gasteiger partial charge is 0.214 e. The molecule has 0 aromatic heterocycles. The molecule has 1 saturated carbocycles. The van der Waals surface area contributed by atoms with Gasteiger partial charge in [-0.2, -0.15) is 5.26 Å². The molecular weight excluding hydrogens is 172 g/mol. The van der Waals surface area contributed by atoms with E-state index in [4.69, 9.17) is 5.26 Å². The van der Waals surface area contributed by atoms with Crippen LogP contribution < -0.4 is 0 Å². The van der Waals surface area contributed by atoms with Crippen molar-refractivity contribution in [3.8, 4) is 6.19 Å². The summed E-state index contributed by atoms with van der Waals surface area (Å²) in [5.74, 6) is 0. The largest absolute Gasteiger partial charge is 0.249 e. The zero-order valence-electron chi connectivity index (χ0n) is 7.32. The first-order valence-corrected chi connectivity index (χ1v) is 6.24. The molecule has 0 aromatic carbocycles. The zero-order valence-corrected chi connectivity index (χ0v) is 8.14. The second-order valence-corrected chi connectivity index (χ2v) is 5.88. The maximum atomic E-state index is 11.8. The number of hydrogen-bond donors (Lipinski definition) is 0. The Labute approximate surface area is 74.0 Å². The first kappa shape index (κ1) is 9.53. The molecule has 0 spiro atoms. The molecule has 4 heteroatoms. The van der Waals surface area contributed by atoms with Crippen molar-refractivity contribution in [1.29, 1.82) is 5.26 Å². The van der Waals surface area contributed by atoms with Crippen LogP contribution in [0.15, 0.2) is 4.36 Å². The summed E-state index contributed by atoms with van der Waals surface area (Å²) < 4.78 is 15.3. The lowest BCUT2D eigenvalue weighted by Gasteiger charge is -2.21. The van der Waals surface area contributed by atoms with E-state index in [1.54, 1.807) is 12.4 Å². The van der Waals surface area contributed by atoms with E-state index in [-0.39, 0.29) is 5.25 Å². The van der Waals surface area contributed by atoms with Gasteiger partial charge in [0.25, 0.3) is 0 Å². The Bertz CT molecular complexity index is 291. The fourth-order valence-corrected chi connectivity index (χ4v) is 3.18. The Morgan fingerprint density at radius 1 is 1.42 bits per heavy atom. The molecule has 0 aliphatic heterocycles. The molecule has 0 radical (unpaired) electrons. The first-order chi connectivity index (χ1) is 5.67. The van der Waals surface area contributed by atoms with Crippen LogP contribution in [-0.4, -0.2) is 15.7 Å². The highest BCUT2D eigenvalue weighted by molar-refractivity contribution is 7.93. The van der Waals surface area contributed by atoms with E-state index < -0.39 is 9.73 Å². The number of hydrogen-bond acceptors (Lipinski definition) is 3. The van der Waals surface area contributed by atoms with Crippen molar-refractivity contribution in [2.24, 2.45) is 4.36 Å². The SMILES string of the molecule is C[S@@](=O)(=NC#N)C1CCCCC1. The normalized spacial score (nSPS) is 24.0. The zero-order chi connectivity index (χ0) is 9.03. The second kappa shape index (κ2) is 3.90. The van der Waals surface area contributed by atoms with E-state index in [2.05, 4.69) is 4.36 Å². The molecule has 0 aromatic rings. The van der Waals surface area contributed by atoms with E-state index >= 15 is 0 Å². The van der Waals surface area contributed by atoms with Crippen LogP contribution in [0, 0.1) is 11.5 Å². The van der Waals surface area contributed by atoms with Crippen molar-refractivity contribution in [2.45, 2.75) is 37.4 Å². The molecule has 0 amide bonds. The van der Waals surface area contributed by atoms with Crippen molar-refractivity contribution in [2.75, 3.05) is 6.26 Å². The Balaban J connectivity index is 2.75.